The average Bonchev–Trinajstić information content (AvgIpc) is 2.55. The van der Waals surface area contributed by atoms with E-state index in [1.54, 1.807) is 7.11 Å². The first kappa shape index (κ1) is 18.2. The van der Waals surface area contributed by atoms with E-state index in [1.165, 1.54) is 6.07 Å². The van der Waals surface area contributed by atoms with E-state index in [0.29, 0.717) is 23.5 Å². The standard InChI is InChI=1S/C19H23F2NO2/c1-12(2)24-19-9-13(4-7-18(19)23-3)8-14(11-22)16-10-15(20)5-6-17(16)21/h4-7,9-10,12,14H,8,11,22H2,1-3H3. The van der Waals surface area contributed by atoms with Crippen LogP contribution in [-0.2, 0) is 6.42 Å². The molecule has 0 aliphatic carbocycles. The fourth-order valence-electron chi connectivity index (χ4n) is 2.63. The van der Waals surface area contributed by atoms with Crippen molar-refractivity contribution in [3.05, 3.63) is 59.2 Å². The molecule has 2 aromatic carbocycles. The van der Waals surface area contributed by atoms with Crippen LogP contribution < -0.4 is 15.2 Å². The Morgan fingerprint density at radius 3 is 2.42 bits per heavy atom. The third kappa shape index (κ3) is 4.45. The Kier molecular flexibility index (Phi) is 6.15. The first-order chi connectivity index (χ1) is 11.4. The van der Waals surface area contributed by atoms with E-state index in [4.69, 9.17) is 15.2 Å². The minimum atomic E-state index is -0.469. The predicted molar refractivity (Wildman–Crippen MR) is 90.6 cm³/mol. The van der Waals surface area contributed by atoms with Gasteiger partial charge in [0, 0.05) is 5.92 Å². The molecular weight excluding hydrogens is 312 g/mol. The van der Waals surface area contributed by atoms with Crippen LogP contribution in [0.4, 0.5) is 8.78 Å². The van der Waals surface area contributed by atoms with Gasteiger partial charge in [-0.05, 0) is 68.3 Å². The topological polar surface area (TPSA) is 44.5 Å². The van der Waals surface area contributed by atoms with Crippen molar-refractivity contribution in [2.75, 3.05) is 13.7 Å². The van der Waals surface area contributed by atoms with Gasteiger partial charge in [0.15, 0.2) is 11.5 Å². The first-order valence-corrected chi connectivity index (χ1v) is 7.93. The van der Waals surface area contributed by atoms with Gasteiger partial charge in [0.25, 0.3) is 0 Å². The van der Waals surface area contributed by atoms with Crippen molar-refractivity contribution >= 4 is 0 Å². The Balaban J connectivity index is 2.29. The van der Waals surface area contributed by atoms with Gasteiger partial charge in [0.05, 0.1) is 13.2 Å². The summed E-state index contributed by atoms with van der Waals surface area (Å²) in [5.41, 5.74) is 7.01. The van der Waals surface area contributed by atoms with Gasteiger partial charge in [-0.3, -0.25) is 0 Å². The summed E-state index contributed by atoms with van der Waals surface area (Å²) in [6.07, 6.45) is 0.482. The van der Waals surface area contributed by atoms with E-state index in [9.17, 15) is 8.78 Å². The Morgan fingerprint density at radius 2 is 1.79 bits per heavy atom. The van der Waals surface area contributed by atoms with E-state index in [1.807, 2.05) is 32.0 Å². The Labute approximate surface area is 141 Å². The molecule has 0 heterocycles. The number of rotatable bonds is 7. The molecule has 0 amide bonds. The van der Waals surface area contributed by atoms with Crippen LogP contribution in [0.3, 0.4) is 0 Å². The molecular formula is C19H23F2NO2. The zero-order valence-electron chi connectivity index (χ0n) is 14.2. The summed E-state index contributed by atoms with van der Waals surface area (Å²) < 4.78 is 38.5. The van der Waals surface area contributed by atoms with Crippen molar-refractivity contribution in [2.45, 2.75) is 32.3 Å². The second-order valence-electron chi connectivity index (χ2n) is 5.95. The SMILES string of the molecule is COc1ccc(CC(CN)c2cc(F)ccc2F)cc1OC(C)C. The van der Waals surface area contributed by atoms with Crippen LogP contribution in [0, 0.1) is 11.6 Å². The summed E-state index contributed by atoms with van der Waals surface area (Å²) in [4.78, 5) is 0. The largest absolute Gasteiger partial charge is 0.493 e. The zero-order valence-corrected chi connectivity index (χ0v) is 14.2. The molecule has 3 nitrogen and oxygen atoms in total. The first-order valence-electron chi connectivity index (χ1n) is 7.93. The quantitative estimate of drug-likeness (QED) is 0.830. The van der Waals surface area contributed by atoms with Crippen LogP contribution in [-0.4, -0.2) is 19.8 Å². The summed E-state index contributed by atoms with van der Waals surface area (Å²) in [7, 11) is 1.58. The van der Waals surface area contributed by atoms with Crippen molar-refractivity contribution in [3.8, 4) is 11.5 Å². The molecule has 24 heavy (non-hydrogen) atoms. The van der Waals surface area contributed by atoms with Crippen molar-refractivity contribution in [3.63, 3.8) is 0 Å². The summed E-state index contributed by atoms with van der Waals surface area (Å²) in [5.74, 6) is 0.0255. The molecule has 130 valence electrons. The van der Waals surface area contributed by atoms with Crippen molar-refractivity contribution in [1.82, 2.24) is 0 Å². The molecule has 1 unspecified atom stereocenters. The molecule has 0 aliphatic rings. The molecule has 5 heteroatoms. The van der Waals surface area contributed by atoms with E-state index in [2.05, 4.69) is 0 Å². The van der Waals surface area contributed by atoms with Gasteiger partial charge in [-0.2, -0.15) is 0 Å². The number of halogens is 2. The lowest BCUT2D eigenvalue weighted by Gasteiger charge is -2.18. The highest BCUT2D eigenvalue weighted by molar-refractivity contribution is 5.43. The highest BCUT2D eigenvalue weighted by atomic mass is 19.1. The number of hydrogen-bond donors (Lipinski definition) is 1. The minimum absolute atomic E-state index is 0.000110. The molecule has 2 rings (SSSR count). The van der Waals surface area contributed by atoms with Crippen molar-refractivity contribution in [2.24, 2.45) is 5.73 Å². The third-order valence-corrected chi connectivity index (χ3v) is 3.76. The van der Waals surface area contributed by atoms with Gasteiger partial charge >= 0.3 is 0 Å². The maximum absolute atomic E-state index is 14.0. The Bertz CT molecular complexity index is 689. The Hall–Kier alpha value is -2.14. The zero-order chi connectivity index (χ0) is 17.7. The molecule has 0 saturated heterocycles. The maximum Gasteiger partial charge on any atom is 0.161 e. The lowest BCUT2D eigenvalue weighted by atomic mass is 9.91. The molecule has 0 bridgehead atoms. The van der Waals surface area contributed by atoms with Gasteiger partial charge < -0.3 is 15.2 Å². The predicted octanol–water partition coefficient (Wildman–Crippen LogP) is 4.05. The minimum Gasteiger partial charge on any atom is -0.493 e. The number of nitrogens with two attached hydrogens (primary N) is 1. The van der Waals surface area contributed by atoms with Gasteiger partial charge in [-0.25, -0.2) is 8.78 Å². The Morgan fingerprint density at radius 1 is 1.04 bits per heavy atom. The molecule has 2 N–H and O–H groups in total. The van der Waals surface area contributed by atoms with E-state index >= 15 is 0 Å². The van der Waals surface area contributed by atoms with Crippen LogP contribution in [0.5, 0.6) is 11.5 Å². The molecule has 0 aliphatic heterocycles. The lowest BCUT2D eigenvalue weighted by Crippen LogP contribution is -2.17. The van der Waals surface area contributed by atoms with Crippen LogP contribution in [0.2, 0.25) is 0 Å². The van der Waals surface area contributed by atoms with Gasteiger partial charge in [0.1, 0.15) is 11.6 Å². The third-order valence-electron chi connectivity index (χ3n) is 3.76. The fraction of sp³-hybridized carbons (Fsp3) is 0.368. The van der Waals surface area contributed by atoms with Crippen molar-refractivity contribution in [1.29, 1.82) is 0 Å². The van der Waals surface area contributed by atoms with Gasteiger partial charge in [-0.15, -0.1) is 0 Å². The van der Waals surface area contributed by atoms with Crippen LogP contribution >= 0.6 is 0 Å². The summed E-state index contributed by atoms with van der Waals surface area (Å²) in [6, 6.07) is 9.00. The second-order valence-corrected chi connectivity index (χ2v) is 5.95. The highest BCUT2D eigenvalue weighted by Gasteiger charge is 2.17. The normalized spacial score (nSPS) is 12.3. The summed E-state index contributed by atoms with van der Waals surface area (Å²) in [5, 5.41) is 0. The number of ether oxygens (including phenoxy) is 2. The summed E-state index contributed by atoms with van der Waals surface area (Å²) >= 11 is 0. The monoisotopic (exact) mass is 335 g/mol. The molecule has 2 aromatic rings. The number of benzene rings is 2. The van der Waals surface area contributed by atoms with Crippen LogP contribution in [0.15, 0.2) is 36.4 Å². The molecule has 0 spiro atoms. The van der Waals surface area contributed by atoms with Gasteiger partial charge in [0.2, 0.25) is 0 Å². The van der Waals surface area contributed by atoms with E-state index in [-0.39, 0.29) is 18.6 Å². The molecule has 0 saturated carbocycles. The van der Waals surface area contributed by atoms with Crippen LogP contribution in [0.25, 0.3) is 0 Å². The number of hydrogen-bond acceptors (Lipinski definition) is 3. The fourth-order valence-corrected chi connectivity index (χ4v) is 2.63. The number of methoxy groups -OCH3 is 1. The van der Waals surface area contributed by atoms with Gasteiger partial charge in [-0.1, -0.05) is 6.07 Å². The van der Waals surface area contributed by atoms with E-state index in [0.717, 1.165) is 17.7 Å². The second kappa shape index (κ2) is 8.11. The highest BCUT2D eigenvalue weighted by Crippen LogP contribution is 2.31. The summed E-state index contributed by atoms with van der Waals surface area (Å²) in [6.45, 7) is 4.07. The lowest BCUT2D eigenvalue weighted by molar-refractivity contribution is 0.230. The molecule has 0 aromatic heterocycles. The van der Waals surface area contributed by atoms with E-state index < -0.39 is 11.6 Å². The molecule has 0 fully saturated rings. The molecule has 0 radical (unpaired) electrons. The van der Waals surface area contributed by atoms with Crippen molar-refractivity contribution < 1.29 is 18.3 Å². The average molecular weight is 335 g/mol. The maximum atomic E-state index is 14.0. The molecule has 1 atom stereocenters. The van der Waals surface area contributed by atoms with Crippen LogP contribution in [0.1, 0.15) is 30.9 Å². The smallest absolute Gasteiger partial charge is 0.161 e.